The zero-order chi connectivity index (χ0) is 11.9. The largest absolute Gasteiger partial charge is 0.454 e. The summed E-state index contributed by atoms with van der Waals surface area (Å²) in [5, 5.41) is 0. The van der Waals surface area contributed by atoms with Crippen molar-refractivity contribution < 1.29 is 18.9 Å². The van der Waals surface area contributed by atoms with Crippen LogP contribution in [0.1, 0.15) is 0 Å². The first kappa shape index (κ1) is 9.65. The highest BCUT2D eigenvalue weighted by Crippen LogP contribution is 2.43. The summed E-state index contributed by atoms with van der Waals surface area (Å²) in [4.78, 5) is 0. The van der Waals surface area contributed by atoms with Crippen molar-refractivity contribution in [2.75, 3.05) is 13.6 Å². The Bertz CT molecular complexity index is 621. The number of ether oxygens (including phenoxy) is 4. The van der Waals surface area contributed by atoms with Crippen LogP contribution in [0.15, 0.2) is 36.4 Å². The third kappa shape index (κ3) is 1.32. The second-order valence-corrected chi connectivity index (χ2v) is 4.11. The molecule has 0 aliphatic carbocycles. The summed E-state index contributed by atoms with van der Waals surface area (Å²) < 4.78 is 21.6. The molecular formula is C14H10O4. The molecule has 18 heavy (non-hydrogen) atoms. The van der Waals surface area contributed by atoms with Gasteiger partial charge < -0.3 is 18.9 Å². The topological polar surface area (TPSA) is 36.9 Å². The minimum absolute atomic E-state index is 0.275. The first-order valence-corrected chi connectivity index (χ1v) is 5.70. The highest BCUT2D eigenvalue weighted by Gasteiger charge is 2.20. The van der Waals surface area contributed by atoms with Crippen LogP contribution in [0, 0.1) is 0 Å². The van der Waals surface area contributed by atoms with Crippen LogP contribution in [0.25, 0.3) is 11.1 Å². The van der Waals surface area contributed by atoms with Crippen LogP contribution in [0.4, 0.5) is 0 Å². The number of fused-ring (bicyclic) bond motifs is 2. The number of para-hydroxylation sites is 1. The molecule has 2 aliphatic rings. The fraction of sp³-hybridized carbons (Fsp3) is 0.143. The lowest BCUT2D eigenvalue weighted by Crippen LogP contribution is -1.93. The van der Waals surface area contributed by atoms with Gasteiger partial charge in [0.15, 0.2) is 23.0 Å². The molecule has 2 aromatic rings. The molecular weight excluding hydrogens is 232 g/mol. The van der Waals surface area contributed by atoms with E-state index in [1.165, 1.54) is 0 Å². The van der Waals surface area contributed by atoms with E-state index in [1.54, 1.807) is 0 Å². The highest BCUT2D eigenvalue weighted by atomic mass is 16.7. The van der Waals surface area contributed by atoms with Gasteiger partial charge in [-0.3, -0.25) is 0 Å². The summed E-state index contributed by atoms with van der Waals surface area (Å²) >= 11 is 0. The van der Waals surface area contributed by atoms with E-state index >= 15 is 0 Å². The summed E-state index contributed by atoms with van der Waals surface area (Å²) in [6.45, 7) is 0.558. The number of rotatable bonds is 1. The molecule has 4 rings (SSSR count). The van der Waals surface area contributed by atoms with Gasteiger partial charge in [-0.25, -0.2) is 0 Å². The molecule has 0 fully saturated rings. The Morgan fingerprint density at radius 3 is 2.56 bits per heavy atom. The molecule has 0 N–H and O–H groups in total. The Morgan fingerprint density at radius 2 is 1.56 bits per heavy atom. The smallest absolute Gasteiger partial charge is 0.231 e. The lowest BCUT2D eigenvalue weighted by atomic mass is 10.0. The second kappa shape index (κ2) is 3.57. The first-order valence-electron chi connectivity index (χ1n) is 5.70. The molecule has 0 saturated heterocycles. The van der Waals surface area contributed by atoms with Gasteiger partial charge in [-0.05, 0) is 23.8 Å². The third-order valence-electron chi connectivity index (χ3n) is 3.08. The van der Waals surface area contributed by atoms with Crippen molar-refractivity contribution in [1.29, 1.82) is 0 Å². The molecule has 2 aromatic carbocycles. The van der Waals surface area contributed by atoms with E-state index in [0.717, 1.165) is 34.1 Å². The lowest BCUT2D eigenvalue weighted by Gasteiger charge is -2.06. The Kier molecular flexibility index (Phi) is 1.91. The van der Waals surface area contributed by atoms with E-state index in [9.17, 15) is 0 Å². The van der Waals surface area contributed by atoms with E-state index < -0.39 is 0 Å². The molecule has 0 bridgehead atoms. The number of hydrogen-bond acceptors (Lipinski definition) is 4. The monoisotopic (exact) mass is 242 g/mol. The molecule has 0 spiro atoms. The van der Waals surface area contributed by atoms with Crippen molar-refractivity contribution >= 4 is 0 Å². The summed E-state index contributed by atoms with van der Waals surface area (Å²) in [5.74, 6) is 3.12. The molecule has 90 valence electrons. The third-order valence-corrected chi connectivity index (χ3v) is 3.08. The lowest BCUT2D eigenvalue weighted by molar-refractivity contribution is 0.174. The minimum Gasteiger partial charge on any atom is -0.454 e. The van der Waals surface area contributed by atoms with Crippen molar-refractivity contribution in [3.05, 3.63) is 36.4 Å². The van der Waals surface area contributed by atoms with Crippen molar-refractivity contribution in [2.45, 2.75) is 0 Å². The molecule has 0 amide bonds. The van der Waals surface area contributed by atoms with Gasteiger partial charge in [-0.1, -0.05) is 18.2 Å². The van der Waals surface area contributed by atoms with Crippen molar-refractivity contribution in [3.63, 3.8) is 0 Å². The van der Waals surface area contributed by atoms with Gasteiger partial charge in [0.25, 0.3) is 0 Å². The molecule has 0 unspecified atom stereocenters. The average Bonchev–Trinajstić information content (AvgIpc) is 3.05. The van der Waals surface area contributed by atoms with Crippen molar-refractivity contribution in [2.24, 2.45) is 0 Å². The van der Waals surface area contributed by atoms with Gasteiger partial charge in [0.05, 0.1) is 0 Å². The molecule has 0 aromatic heterocycles. The maximum atomic E-state index is 5.51. The standard InChI is InChI=1S/C14H10O4/c1-2-10(14-12(3-1)16-8-18-14)9-4-5-11-13(6-9)17-7-15-11/h1-6H,7-8H2. The van der Waals surface area contributed by atoms with E-state index in [2.05, 4.69) is 0 Å². The van der Waals surface area contributed by atoms with Crippen molar-refractivity contribution in [3.8, 4) is 34.1 Å². The molecule has 4 heteroatoms. The number of benzene rings is 2. The Hall–Kier alpha value is -2.36. The van der Waals surface area contributed by atoms with E-state index in [4.69, 9.17) is 18.9 Å². The molecule has 2 heterocycles. The van der Waals surface area contributed by atoms with E-state index in [0.29, 0.717) is 0 Å². The Balaban J connectivity index is 1.86. The van der Waals surface area contributed by atoms with Crippen molar-refractivity contribution in [1.82, 2.24) is 0 Å². The van der Waals surface area contributed by atoms with Crippen LogP contribution in [-0.4, -0.2) is 13.6 Å². The van der Waals surface area contributed by atoms with Crippen LogP contribution >= 0.6 is 0 Å². The number of hydrogen-bond donors (Lipinski definition) is 0. The van der Waals surface area contributed by atoms with Gasteiger partial charge in [0, 0.05) is 5.56 Å². The fourth-order valence-corrected chi connectivity index (χ4v) is 2.22. The van der Waals surface area contributed by atoms with Gasteiger partial charge >= 0.3 is 0 Å². The molecule has 2 aliphatic heterocycles. The maximum Gasteiger partial charge on any atom is 0.231 e. The van der Waals surface area contributed by atoms with E-state index in [1.807, 2.05) is 36.4 Å². The summed E-state index contributed by atoms with van der Waals surface area (Å²) in [7, 11) is 0. The van der Waals surface area contributed by atoms with E-state index in [-0.39, 0.29) is 13.6 Å². The van der Waals surface area contributed by atoms with Crippen LogP contribution in [-0.2, 0) is 0 Å². The fourth-order valence-electron chi connectivity index (χ4n) is 2.22. The zero-order valence-corrected chi connectivity index (χ0v) is 9.51. The highest BCUT2D eigenvalue weighted by molar-refractivity contribution is 5.76. The zero-order valence-electron chi connectivity index (χ0n) is 9.51. The van der Waals surface area contributed by atoms with Gasteiger partial charge in [-0.15, -0.1) is 0 Å². The summed E-state index contributed by atoms with van der Waals surface area (Å²) in [6.07, 6.45) is 0. The van der Waals surface area contributed by atoms with Crippen LogP contribution in [0.5, 0.6) is 23.0 Å². The average molecular weight is 242 g/mol. The Labute approximate surface area is 104 Å². The molecule has 4 nitrogen and oxygen atoms in total. The van der Waals surface area contributed by atoms with Gasteiger partial charge in [-0.2, -0.15) is 0 Å². The van der Waals surface area contributed by atoms with Gasteiger partial charge in [0.2, 0.25) is 13.6 Å². The summed E-state index contributed by atoms with van der Waals surface area (Å²) in [6, 6.07) is 11.7. The molecule has 0 radical (unpaired) electrons. The SMILES string of the molecule is c1cc2c(c(-c3ccc4c(c3)OCO4)c1)OCO2. The quantitative estimate of drug-likeness (QED) is 0.770. The molecule has 0 atom stereocenters. The predicted molar refractivity (Wildman–Crippen MR) is 64.1 cm³/mol. The van der Waals surface area contributed by atoms with Crippen LogP contribution < -0.4 is 18.9 Å². The Morgan fingerprint density at radius 1 is 0.722 bits per heavy atom. The normalized spacial score (nSPS) is 14.9. The summed E-state index contributed by atoms with van der Waals surface area (Å²) in [5.41, 5.74) is 2.03. The van der Waals surface area contributed by atoms with Gasteiger partial charge in [0.1, 0.15) is 0 Å². The first-order chi connectivity index (χ1) is 8.92. The van der Waals surface area contributed by atoms with Crippen LogP contribution in [0.3, 0.4) is 0 Å². The predicted octanol–water partition coefficient (Wildman–Crippen LogP) is 2.81. The second-order valence-electron chi connectivity index (χ2n) is 4.11. The molecule has 0 saturated carbocycles. The maximum absolute atomic E-state index is 5.51. The van der Waals surface area contributed by atoms with Crippen LogP contribution in [0.2, 0.25) is 0 Å². The minimum atomic E-state index is 0.275.